The van der Waals surface area contributed by atoms with Gasteiger partial charge in [-0.2, -0.15) is 0 Å². The number of aromatic nitrogens is 1. The number of nitrogens with zero attached hydrogens (tertiary/aromatic N) is 2. The number of thiazole rings is 1. The zero-order valence-electron chi connectivity index (χ0n) is 28.3. The number of halogens is 1. The third kappa shape index (κ3) is 7.82. The second kappa shape index (κ2) is 16.1. The topological polar surface area (TPSA) is 105 Å². The predicted molar refractivity (Wildman–Crippen MR) is 197 cm³/mol. The van der Waals surface area contributed by atoms with E-state index < -0.39 is 12.0 Å². The second-order valence-corrected chi connectivity index (χ2v) is 12.8. The van der Waals surface area contributed by atoms with Gasteiger partial charge < -0.3 is 18.9 Å². The fourth-order valence-corrected chi connectivity index (χ4v) is 6.86. The van der Waals surface area contributed by atoms with Crippen LogP contribution >= 0.6 is 22.9 Å². The van der Waals surface area contributed by atoms with Gasteiger partial charge in [0, 0.05) is 16.1 Å². The second-order valence-electron chi connectivity index (χ2n) is 11.3. The van der Waals surface area contributed by atoms with Crippen molar-refractivity contribution in [2.75, 3.05) is 19.8 Å². The van der Waals surface area contributed by atoms with Crippen LogP contribution in [0, 0.1) is 0 Å². The van der Waals surface area contributed by atoms with Crippen molar-refractivity contribution < 1.29 is 28.5 Å². The molecule has 0 saturated heterocycles. The number of fused-ring (bicyclic) bond motifs is 1. The van der Waals surface area contributed by atoms with Crippen LogP contribution < -0.4 is 24.4 Å². The van der Waals surface area contributed by atoms with Crippen LogP contribution in [-0.2, 0) is 20.9 Å². The van der Waals surface area contributed by atoms with Gasteiger partial charge >= 0.3 is 11.9 Å². The number of carbonyl (C=O) groups is 2. The molecule has 9 nitrogen and oxygen atoms in total. The lowest BCUT2D eigenvalue weighted by molar-refractivity contribution is -0.138. The van der Waals surface area contributed by atoms with E-state index in [-0.39, 0.29) is 30.3 Å². The molecule has 0 N–H and O–H groups in total. The Morgan fingerprint density at radius 2 is 1.55 bits per heavy atom. The molecule has 0 bridgehead atoms. The first-order valence-corrected chi connectivity index (χ1v) is 17.7. The van der Waals surface area contributed by atoms with E-state index >= 15 is 0 Å². The number of rotatable bonds is 12. The lowest BCUT2D eigenvalue weighted by Gasteiger charge is -2.26. The summed E-state index contributed by atoms with van der Waals surface area (Å²) in [7, 11) is 0. The maximum atomic E-state index is 14.4. The highest BCUT2D eigenvalue weighted by molar-refractivity contribution is 7.07. The summed E-state index contributed by atoms with van der Waals surface area (Å²) >= 11 is 7.64. The molecule has 260 valence electrons. The standard InChI is InChI=1S/C40H35ClN2O7S/c1-4-47-31-19-16-27(17-20-31)36-34(39(46)49-6-3)35(26-10-8-7-9-11-26)42-40-43(36)37(44)33(51-40)23-29-22-30(41)18-21-32(29)50-24-25-12-14-28(15-13-25)38(45)48-5-2/h7-23,36H,4-6,24H2,1-3H3/b33-23-/t36-/m0/s1. The van der Waals surface area contributed by atoms with Crippen molar-refractivity contribution in [1.29, 1.82) is 0 Å². The maximum Gasteiger partial charge on any atom is 0.338 e. The normalized spacial score (nSPS) is 14.0. The van der Waals surface area contributed by atoms with Crippen molar-refractivity contribution in [3.63, 3.8) is 0 Å². The van der Waals surface area contributed by atoms with Crippen molar-refractivity contribution in [2.24, 2.45) is 4.99 Å². The van der Waals surface area contributed by atoms with Crippen molar-refractivity contribution in [1.82, 2.24) is 4.57 Å². The molecule has 1 aromatic heterocycles. The van der Waals surface area contributed by atoms with Gasteiger partial charge in [0.2, 0.25) is 0 Å². The zero-order chi connectivity index (χ0) is 35.9. The lowest BCUT2D eigenvalue weighted by atomic mass is 9.93. The Labute approximate surface area is 303 Å². The fourth-order valence-electron chi connectivity index (χ4n) is 5.69. The van der Waals surface area contributed by atoms with Crippen LogP contribution in [0.25, 0.3) is 11.8 Å². The summed E-state index contributed by atoms with van der Waals surface area (Å²) in [6.07, 6.45) is 1.72. The molecule has 5 aromatic rings. The third-order valence-electron chi connectivity index (χ3n) is 8.00. The van der Waals surface area contributed by atoms with Crippen LogP contribution in [0.3, 0.4) is 0 Å². The molecular formula is C40H35ClN2O7S. The molecular weight excluding hydrogens is 688 g/mol. The van der Waals surface area contributed by atoms with Gasteiger partial charge in [0.05, 0.1) is 47.2 Å². The van der Waals surface area contributed by atoms with E-state index in [4.69, 9.17) is 35.5 Å². The summed E-state index contributed by atoms with van der Waals surface area (Å²) in [5, 5.41) is 0.461. The van der Waals surface area contributed by atoms with Crippen LogP contribution in [0.15, 0.2) is 112 Å². The molecule has 0 fully saturated rings. The van der Waals surface area contributed by atoms with E-state index in [1.807, 2.05) is 61.5 Å². The maximum absolute atomic E-state index is 14.4. The van der Waals surface area contributed by atoms with Crippen molar-refractivity contribution in [2.45, 2.75) is 33.4 Å². The van der Waals surface area contributed by atoms with E-state index in [2.05, 4.69) is 0 Å². The average Bonchev–Trinajstić information content (AvgIpc) is 3.45. The molecule has 0 radical (unpaired) electrons. The van der Waals surface area contributed by atoms with Crippen LogP contribution in [0.5, 0.6) is 11.5 Å². The molecule has 0 unspecified atom stereocenters. The molecule has 1 aliphatic rings. The van der Waals surface area contributed by atoms with Crippen LogP contribution in [0.1, 0.15) is 59.4 Å². The molecule has 0 spiro atoms. The summed E-state index contributed by atoms with van der Waals surface area (Å²) in [5.41, 5.74) is 3.63. The molecule has 0 saturated carbocycles. The Morgan fingerprint density at radius 3 is 2.24 bits per heavy atom. The lowest BCUT2D eigenvalue weighted by Crippen LogP contribution is -2.40. The molecule has 1 aliphatic heterocycles. The summed E-state index contributed by atoms with van der Waals surface area (Å²) in [5.74, 6) is 0.220. The molecule has 0 aliphatic carbocycles. The number of benzene rings is 4. The van der Waals surface area contributed by atoms with E-state index in [0.29, 0.717) is 61.5 Å². The summed E-state index contributed by atoms with van der Waals surface area (Å²) in [6, 6.07) is 28.0. The number of hydrogen-bond acceptors (Lipinski definition) is 9. The first-order chi connectivity index (χ1) is 24.8. The number of hydrogen-bond donors (Lipinski definition) is 0. The van der Waals surface area contributed by atoms with Gasteiger partial charge in [-0.05, 0) is 80.4 Å². The summed E-state index contributed by atoms with van der Waals surface area (Å²) in [4.78, 5) is 45.6. The van der Waals surface area contributed by atoms with E-state index in [0.717, 1.165) is 11.1 Å². The van der Waals surface area contributed by atoms with E-state index in [1.54, 1.807) is 67.0 Å². The smallest absolute Gasteiger partial charge is 0.338 e. The SMILES string of the molecule is CCOC(=O)C1=C(c2ccccc2)N=c2s/c(=C\c3cc(Cl)ccc3OCc3ccc(C(=O)OCC)cc3)c(=O)n2[C@H]1c1ccc(OCC)cc1. The number of ether oxygens (including phenoxy) is 4. The Kier molecular flexibility index (Phi) is 11.1. The Hall–Kier alpha value is -5.45. The van der Waals surface area contributed by atoms with Crippen LogP contribution in [0.4, 0.5) is 0 Å². The first-order valence-electron chi connectivity index (χ1n) is 16.5. The largest absolute Gasteiger partial charge is 0.494 e. The Bertz CT molecular complexity index is 2260. The quantitative estimate of drug-likeness (QED) is 0.131. The van der Waals surface area contributed by atoms with Gasteiger partial charge in [-0.25, -0.2) is 14.6 Å². The summed E-state index contributed by atoms with van der Waals surface area (Å²) < 4.78 is 24.4. The van der Waals surface area contributed by atoms with Crippen LogP contribution in [0.2, 0.25) is 5.02 Å². The highest BCUT2D eigenvalue weighted by Crippen LogP contribution is 2.36. The highest BCUT2D eigenvalue weighted by atomic mass is 35.5. The molecule has 6 rings (SSSR count). The Balaban J connectivity index is 1.45. The first kappa shape index (κ1) is 35.4. The molecule has 2 heterocycles. The molecule has 51 heavy (non-hydrogen) atoms. The zero-order valence-corrected chi connectivity index (χ0v) is 29.8. The fraction of sp³-hybridized carbons (Fsp3) is 0.200. The molecule has 0 amide bonds. The molecule has 4 aromatic carbocycles. The van der Waals surface area contributed by atoms with Crippen molar-refractivity contribution >= 4 is 46.6 Å². The van der Waals surface area contributed by atoms with E-state index in [9.17, 15) is 14.4 Å². The predicted octanol–water partition coefficient (Wildman–Crippen LogP) is 6.74. The minimum absolute atomic E-state index is 0.151. The molecule has 11 heteroatoms. The van der Waals surface area contributed by atoms with Crippen molar-refractivity contribution in [3.8, 4) is 11.5 Å². The highest BCUT2D eigenvalue weighted by Gasteiger charge is 2.35. The van der Waals surface area contributed by atoms with Gasteiger partial charge in [-0.15, -0.1) is 0 Å². The van der Waals surface area contributed by atoms with Crippen molar-refractivity contribution in [3.05, 3.63) is 155 Å². The van der Waals surface area contributed by atoms with Gasteiger partial charge in [-0.3, -0.25) is 9.36 Å². The van der Waals surface area contributed by atoms with Gasteiger partial charge in [-0.1, -0.05) is 77.5 Å². The number of esters is 2. The van der Waals surface area contributed by atoms with Gasteiger partial charge in [0.15, 0.2) is 4.80 Å². The van der Waals surface area contributed by atoms with Gasteiger partial charge in [0.1, 0.15) is 18.1 Å². The number of carbonyl (C=O) groups excluding carboxylic acids is 2. The minimum atomic E-state index is -0.832. The Morgan fingerprint density at radius 1 is 0.843 bits per heavy atom. The average molecular weight is 723 g/mol. The third-order valence-corrected chi connectivity index (χ3v) is 9.22. The summed E-state index contributed by atoms with van der Waals surface area (Å²) in [6.45, 7) is 6.55. The van der Waals surface area contributed by atoms with Gasteiger partial charge in [0.25, 0.3) is 5.56 Å². The van der Waals surface area contributed by atoms with E-state index in [1.165, 1.54) is 11.3 Å². The van der Waals surface area contributed by atoms with Crippen LogP contribution in [-0.4, -0.2) is 36.3 Å². The molecule has 1 atom stereocenters. The minimum Gasteiger partial charge on any atom is -0.494 e. The monoisotopic (exact) mass is 722 g/mol.